The summed E-state index contributed by atoms with van der Waals surface area (Å²) in [6.07, 6.45) is 5.98. The monoisotopic (exact) mass is 258 g/mol. The summed E-state index contributed by atoms with van der Waals surface area (Å²) in [6.45, 7) is 1.43. The molecular formula is C14H18N4O. The Morgan fingerprint density at radius 2 is 2.21 bits per heavy atom. The number of nitrogens with two attached hydrogens (primary N) is 1. The van der Waals surface area contributed by atoms with Gasteiger partial charge in [-0.1, -0.05) is 6.07 Å². The molecule has 2 N–H and O–H groups in total. The summed E-state index contributed by atoms with van der Waals surface area (Å²) < 4.78 is 5.26. The Balaban J connectivity index is 2.31. The highest BCUT2D eigenvalue weighted by Crippen LogP contribution is 2.26. The van der Waals surface area contributed by atoms with E-state index in [1.54, 1.807) is 25.7 Å². The van der Waals surface area contributed by atoms with Gasteiger partial charge in [0, 0.05) is 30.7 Å². The number of benzene rings is 1. The maximum absolute atomic E-state index is 5.60. The van der Waals surface area contributed by atoms with Crippen molar-refractivity contribution in [2.24, 2.45) is 5.73 Å². The molecule has 0 unspecified atom stereocenters. The molecule has 19 heavy (non-hydrogen) atoms. The first-order valence-electron chi connectivity index (χ1n) is 6.23. The minimum Gasteiger partial charge on any atom is -0.497 e. The Morgan fingerprint density at radius 1 is 1.32 bits per heavy atom. The average Bonchev–Trinajstić information content (AvgIpc) is 2.49. The Bertz CT molecular complexity index is 504. The summed E-state index contributed by atoms with van der Waals surface area (Å²) in [7, 11) is 1.66. The van der Waals surface area contributed by atoms with Crippen molar-refractivity contribution < 1.29 is 4.74 Å². The Labute approximate surface area is 113 Å². The van der Waals surface area contributed by atoms with Crippen LogP contribution in [0.25, 0.3) is 0 Å². The van der Waals surface area contributed by atoms with Crippen molar-refractivity contribution in [3.8, 4) is 5.75 Å². The lowest BCUT2D eigenvalue weighted by Crippen LogP contribution is -2.22. The molecule has 0 radical (unpaired) electrons. The van der Waals surface area contributed by atoms with Gasteiger partial charge in [-0.05, 0) is 25.1 Å². The van der Waals surface area contributed by atoms with Gasteiger partial charge >= 0.3 is 0 Å². The fraction of sp³-hybridized carbons (Fsp3) is 0.286. The molecule has 0 saturated carbocycles. The molecule has 1 heterocycles. The standard InChI is InChI=1S/C14H18N4O/c1-19-13-5-2-4-12(10-13)18(9-3-6-15)14-11-16-7-8-17-14/h2,4-5,7-8,10-11H,3,6,9,15H2,1H3. The first-order chi connectivity index (χ1) is 9.35. The number of methoxy groups -OCH3 is 1. The predicted octanol–water partition coefficient (Wildman–Crippen LogP) is 1.97. The van der Waals surface area contributed by atoms with Crippen molar-refractivity contribution in [1.82, 2.24) is 9.97 Å². The second-order valence-corrected chi connectivity index (χ2v) is 4.06. The van der Waals surface area contributed by atoms with Gasteiger partial charge in [0.1, 0.15) is 5.75 Å². The van der Waals surface area contributed by atoms with E-state index in [1.807, 2.05) is 24.3 Å². The molecule has 0 aliphatic heterocycles. The van der Waals surface area contributed by atoms with Gasteiger partial charge in [-0.2, -0.15) is 0 Å². The Kier molecular flexibility index (Phi) is 4.69. The second-order valence-electron chi connectivity index (χ2n) is 4.06. The van der Waals surface area contributed by atoms with Gasteiger partial charge in [-0.15, -0.1) is 0 Å². The van der Waals surface area contributed by atoms with Gasteiger partial charge in [0.05, 0.1) is 13.3 Å². The number of hydrogen-bond acceptors (Lipinski definition) is 5. The fourth-order valence-electron chi connectivity index (χ4n) is 1.83. The van der Waals surface area contributed by atoms with Gasteiger partial charge in [0.2, 0.25) is 0 Å². The maximum atomic E-state index is 5.60. The number of nitrogens with zero attached hydrogens (tertiary/aromatic N) is 3. The van der Waals surface area contributed by atoms with E-state index in [1.165, 1.54) is 0 Å². The van der Waals surface area contributed by atoms with Crippen LogP contribution < -0.4 is 15.4 Å². The van der Waals surface area contributed by atoms with E-state index in [2.05, 4.69) is 14.9 Å². The summed E-state index contributed by atoms with van der Waals surface area (Å²) in [5, 5.41) is 0. The molecule has 1 aromatic carbocycles. The van der Waals surface area contributed by atoms with Crippen LogP contribution in [-0.2, 0) is 0 Å². The Hall–Kier alpha value is -2.14. The van der Waals surface area contributed by atoms with Crippen LogP contribution in [-0.4, -0.2) is 30.2 Å². The van der Waals surface area contributed by atoms with Crippen molar-refractivity contribution >= 4 is 11.5 Å². The molecule has 0 aliphatic rings. The van der Waals surface area contributed by atoms with Crippen LogP contribution in [0.1, 0.15) is 6.42 Å². The molecule has 2 rings (SSSR count). The summed E-state index contributed by atoms with van der Waals surface area (Å²) >= 11 is 0. The van der Waals surface area contributed by atoms with Crippen LogP contribution in [0.5, 0.6) is 5.75 Å². The van der Waals surface area contributed by atoms with E-state index in [-0.39, 0.29) is 0 Å². The largest absolute Gasteiger partial charge is 0.497 e. The smallest absolute Gasteiger partial charge is 0.151 e. The van der Waals surface area contributed by atoms with E-state index >= 15 is 0 Å². The zero-order valence-electron chi connectivity index (χ0n) is 11.0. The minimum atomic E-state index is 0.640. The topological polar surface area (TPSA) is 64.3 Å². The lowest BCUT2D eigenvalue weighted by Gasteiger charge is -2.23. The second kappa shape index (κ2) is 6.70. The molecule has 0 saturated heterocycles. The molecule has 0 fully saturated rings. The van der Waals surface area contributed by atoms with Gasteiger partial charge in [0.25, 0.3) is 0 Å². The van der Waals surface area contributed by atoms with E-state index in [0.717, 1.165) is 30.2 Å². The molecule has 2 aromatic rings. The third-order valence-electron chi connectivity index (χ3n) is 2.78. The van der Waals surface area contributed by atoms with Crippen LogP contribution in [0.2, 0.25) is 0 Å². The van der Waals surface area contributed by atoms with Gasteiger partial charge < -0.3 is 15.4 Å². The minimum absolute atomic E-state index is 0.640. The van der Waals surface area contributed by atoms with Gasteiger partial charge in [-0.3, -0.25) is 4.98 Å². The third-order valence-corrected chi connectivity index (χ3v) is 2.78. The highest BCUT2D eigenvalue weighted by molar-refractivity contribution is 5.60. The van der Waals surface area contributed by atoms with Crippen molar-refractivity contribution in [2.75, 3.05) is 25.1 Å². The molecule has 0 bridgehead atoms. The van der Waals surface area contributed by atoms with Crippen molar-refractivity contribution in [3.63, 3.8) is 0 Å². The quantitative estimate of drug-likeness (QED) is 0.858. The number of hydrogen-bond donors (Lipinski definition) is 1. The molecule has 5 heteroatoms. The first kappa shape index (κ1) is 13.3. The molecular weight excluding hydrogens is 240 g/mol. The van der Waals surface area contributed by atoms with E-state index < -0.39 is 0 Å². The van der Waals surface area contributed by atoms with Gasteiger partial charge in [0.15, 0.2) is 5.82 Å². The maximum Gasteiger partial charge on any atom is 0.151 e. The fourth-order valence-corrected chi connectivity index (χ4v) is 1.83. The molecule has 0 atom stereocenters. The van der Waals surface area contributed by atoms with Crippen LogP contribution in [0, 0.1) is 0 Å². The summed E-state index contributed by atoms with van der Waals surface area (Å²) in [4.78, 5) is 10.5. The van der Waals surface area contributed by atoms with Crippen LogP contribution in [0.15, 0.2) is 42.9 Å². The first-order valence-corrected chi connectivity index (χ1v) is 6.23. The normalized spacial score (nSPS) is 10.2. The van der Waals surface area contributed by atoms with Crippen molar-refractivity contribution in [2.45, 2.75) is 6.42 Å². The highest BCUT2D eigenvalue weighted by Gasteiger charge is 2.10. The highest BCUT2D eigenvalue weighted by atomic mass is 16.5. The lowest BCUT2D eigenvalue weighted by atomic mass is 10.2. The Morgan fingerprint density at radius 3 is 2.89 bits per heavy atom. The number of ether oxygens (including phenoxy) is 1. The van der Waals surface area contributed by atoms with E-state index in [9.17, 15) is 0 Å². The molecule has 1 aromatic heterocycles. The molecule has 100 valence electrons. The van der Waals surface area contributed by atoms with Crippen LogP contribution in [0.4, 0.5) is 11.5 Å². The molecule has 0 amide bonds. The third kappa shape index (κ3) is 3.42. The summed E-state index contributed by atoms with van der Waals surface area (Å²) in [6, 6.07) is 7.88. The van der Waals surface area contributed by atoms with Gasteiger partial charge in [-0.25, -0.2) is 4.98 Å². The van der Waals surface area contributed by atoms with E-state index in [4.69, 9.17) is 10.5 Å². The number of rotatable bonds is 6. The van der Waals surface area contributed by atoms with Crippen molar-refractivity contribution in [1.29, 1.82) is 0 Å². The SMILES string of the molecule is COc1cccc(N(CCCN)c2cnccn2)c1. The molecule has 5 nitrogen and oxygen atoms in total. The summed E-state index contributed by atoms with van der Waals surface area (Å²) in [5.41, 5.74) is 6.62. The lowest BCUT2D eigenvalue weighted by molar-refractivity contribution is 0.415. The van der Waals surface area contributed by atoms with Crippen LogP contribution >= 0.6 is 0 Å². The van der Waals surface area contributed by atoms with Crippen LogP contribution in [0.3, 0.4) is 0 Å². The molecule has 0 aliphatic carbocycles. The molecule has 0 spiro atoms. The predicted molar refractivity (Wildman–Crippen MR) is 75.7 cm³/mol. The number of anilines is 2. The average molecular weight is 258 g/mol. The van der Waals surface area contributed by atoms with Crippen molar-refractivity contribution in [3.05, 3.63) is 42.9 Å². The zero-order chi connectivity index (χ0) is 13.5. The van der Waals surface area contributed by atoms with E-state index in [0.29, 0.717) is 6.54 Å². The number of aromatic nitrogens is 2. The summed E-state index contributed by atoms with van der Waals surface area (Å²) in [5.74, 6) is 1.63. The zero-order valence-corrected chi connectivity index (χ0v) is 11.0.